The molecule has 0 radical (unpaired) electrons. The summed E-state index contributed by atoms with van der Waals surface area (Å²) in [5.41, 5.74) is 1.39. The van der Waals surface area contributed by atoms with Crippen LogP contribution in [0.15, 0.2) is 43.0 Å². The third-order valence-electron chi connectivity index (χ3n) is 2.45. The van der Waals surface area contributed by atoms with E-state index in [0.29, 0.717) is 4.45 Å². The van der Waals surface area contributed by atoms with Gasteiger partial charge in [-0.25, -0.2) is 0 Å². The number of hydrogen-bond acceptors (Lipinski definition) is 0. The van der Waals surface area contributed by atoms with Crippen LogP contribution in [0.3, 0.4) is 0 Å². The summed E-state index contributed by atoms with van der Waals surface area (Å²) in [6.45, 7) is 8.62. The van der Waals surface area contributed by atoms with Gasteiger partial charge < -0.3 is 0 Å². The van der Waals surface area contributed by atoms with Gasteiger partial charge in [-0.1, -0.05) is 65.4 Å². The maximum absolute atomic E-state index is 3.84. The first-order valence-corrected chi connectivity index (χ1v) is 9.08. The lowest BCUT2D eigenvalue weighted by Crippen LogP contribution is -2.30. The van der Waals surface area contributed by atoms with E-state index in [9.17, 15) is 0 Å². The van der Waals surface area contributed by atoms with E-state index >= 15 is 0 Å². The molecule has 0 nitrogen and oxygen atoms in total. The molecular formula is C12H17BrSi. The van der Waals surface area contributed by atoms with Crippen molar-refractivity contribution < 1.29 is 0 Å². The molecule has 14 heavy (non-hydrogen) atoms. The van der Waals surface area contributed by atoms with Crippen molar-refractivity contribution in [3.8, 4) is 0 Å². The van der Waals surface area contributed by atoms with Crippen LogP contribution in [0, 0.1) is 0 Å². The van der Waals surface area contributed by atoms with Crippen LogP contribution in [0.4, 0.5) is 0 Å². The Bertz CT molecular complexity index is 292. The number of benzene rings is 1. The normalized spacial score (nSPS) is 13.6. The fraction of sp³-hybridized carbons (Fsp3) is 0.333. The molecule has 0 aliphatic carbocycles. The second-order valence-corrected chi connectivity index (χ2v) is 11.0. The molecule has 1 unspecified atom stereocenters. The largest absolute Gasteiger partial charge is 0.103 e. The van der Waals surface area contributed by atoms with Crippen molar-refractivity contribution >= 4 is 24.0 Å². The van der Waals surface area contributed by atoms with Crippen molar-refractivity contribution in [2.75, 3.05) is 0 Å². The van der Waals surface area contributed by atoms with Crippen LogP contribution >= 0.6 is 15.9 Å². The maximum Gasteiger partial charge on any atom is 0.0718 e. The molecule has 0 spiro atoms. The van der Waals surface area contributed by atoms with E-state index in [4.69, 9.17) is 0 Å². The van der Waals surface area contributed by atoms with Crippen LogP contribution in [0.25, 0.3) is 0 Å². The van der Waals surface area contributed by atoms with Gasteiger partial charge in [-0.2, -0.15) is 0 Å². The first-order valence-electron chi connectivity index (χ1n) is 4.88. The van der Waals surface area contributed by atoms with Gasteiger partial charge in [0.05, 0.1) is 8.07 Å². The number of halogens is 1. The predicted octanol–water partition coefficient (Wildman–Crippen LogP) is 4.56. The Morgan fingerprint density at radius 3 is 2.43 bits per heavy atom. The highest BCUT2D eigenvalue weighted by Gasteiger charge is 2.29. The Morgan fingerprint density at radius 2 is 1.93 bits per heavy atom. The predicted molar refractivity (Wildman–Crippen MR) is 70.6 cm³/mol. The zero-order valence-electron chi connectivity index (χ0n) is 8.83. The standard InChI is InChI=1S/C12H17BrSi/c1-4-10-14(2,3)12(13)11-8-6-5-7-9-11/h4-9,12H,1,10H2,2-3H3. The highest BCUT2D eigenvalue weighted by Crippen LogP contribution is 2.35. The first-order chi connectivity index (χ1) is 6.58. The lowest BCUT2D eigenvalue weighted by molar-refractivity contribution is 1.26. The molecule has 0 bridgehead atoms. The minimum Gasteiger partial charge on any atom is -0.103 e. The molecule has 1 aromatic rings. The molecule has 1 rings (SSSR count). The van der Waals surface area contributed by atoms with Crippen molar-refractivity contribution in [2.45, 2.75) is 23.6 Å². The fourth-order valence-electron chi connectivity index (χ4n) is 1.55. The summed E-state index contributed by atoms with van der Waals surface area (Å²) < 4.78 is 0.522. The number of alkyl halides is 1. The van der Waals surface area contributed by atoms with Crippen LogP contribution < -0.4 is 0 Å². The van der Waals surface area contributed by atoms with Gasteiger partial charge in [0.15, 0.2) is 0 Å². The Hall–Kier alpha value is -0.343. The molecule has 1 aromatic carbocycles. The van der Waals surface area contributed by atoms with Gasteiger partial charge in [-0.15, -0.1) is 6.58 Å². The number of hydrogen-bond donors (Lipinski definition) is 0. The average molecular weight is 269 g/mol. The van der Waals surface area contributed by atoms with Crippen molar-refractivity contribution in [3.63, 3.8) is 0 Å². The summed E-state index contributed by atoms with van der Waals surface area (Å²) in [7, 11) is -1.25. The van der Waals surface area contributed by atoms with Crippen LogP contribution in [-0.4, -0.2) is 8.07 Å². The van der Waals surface area contributed by atoms with Gasteiger partial charge >= 0.3 is 0 Å². The van der Waals surface area contributed by atoms with Crippen molar-refractivity contribution in [1.29, 1.82) is 0 Å². The molecule has 2 heteroatoms. The van der Waals surface area contributed by atoms with E-state index in [1.54, 1.807) is 0 Å². The summed E-state index contributed by atoms with van der Waals surface area (Å²) in [6.07, 6.45) is 2.05. The van der Waals surface area contributed by atoms with Gasteiger partial charge in [-0.3, -0.25) is 0 Å². The minimum atomic E-state index is -1.25. The topological polar surface area (TPSA) is 0 Å². The Morgan fingerprint density at radius 1 is 1.36 bits per heavy atom. The third kappa shape index (κ3) is 2.82. The molecule has 76 valence electrons. The molecule has 0 saturated carbocycles. The minimum absolute atomic E-state index is 0.522. The number of allylic oxidation sites excluding steroid dienone is 1. The van der Waals surface area contributed by atoms with E-state index in [0.717, 1.165) is 6.04 Å². The van der Waals surface area contributed by atoms with Crippen LogP contribution in [0.1, 0.15) is 10.0 Å². The highest BCUT2D eigenvalue weighted by atomic mass is 79.9. The number of rotatable bonds is 4. The van der Waals surface area contributed by atoms with Gasteiger partial charge in [0.25, 0.3) is 0 Å². The highest BCUT2D eigenvalue weighted by molar-refractivity contribution is 9.09. The van der Waals surface area contributed by atoms with Crippen molar-refractivity contribution in [2.24, 2.45) is 0 Å². The Labute approximate surface area is 96.2 Å². The second kappa shape index (κ2) is 4.94. The second-order valence-electron chi connectivity index (χ2n) is 4.25. The third-order valence-corrected chi connectivity index (χ3v) is 9.74. The molecule has 0 aliphatic heterocycles. The van der Waals surface area contributed by atoms with Crippen LogP contribution in [0.5, 0.6) is 0 Å². The molecular weight excluding hydrogens is 252 g/mol. The zero-order valence-corrected chi connectivity index (χ0v) is 11.4. The molecule has 0 aliphatic rings. The van der Waals surface area contributed by atoms with Gasteiger partial charge in [0.1, 0.15) is 0 Å². The molecule has 0 aromatic heterocycles. The summed E-state index contributed by atoms with van der Waals surface area (Å²) in [4.78, 5) is 0. The maximum atomic E-state index is 3.84. The van der Waals surface area contributed by atoms with Gasteiger partial charge in [0, 0.05) is 4.45 Å². The molecule has 0 fully saturated rings. The molecule has 0 amide bonds. The van der Waals surface area contributed by atoms with E-state index in [2.05, 4.69) is 65.9 Å². The fourth-order valence-corrected chi connectivity index (χ4v) is 4.46. The SMILES string of the molecule is C=CC[Si](C)(C)C(Br)c1ccccc1. The molecule has 0 heterocycles. The first kappa shape index (κ1) is 11.7. The smallest absolute Gasteiger partial charge is 0.0718 e. The molecule has 1 atom stereocenters. The summed E-state index contributed by atoms with van der Waals surface area (Å²) in [6, 6.07) is 11.8. The lowest BCUT2D eigenvalue weighted by Gasteiger charge is -2.27. The molecule has 0 N–H and O–H groups in total. The van der Waals surface area contributed by atoms with Crippen LogP contribution in [0.2, 0.25) is 19.1 Å². The van der Waals surface area contributed by atoms with E-state index in [1.807, 2.05) is 6.08 Å². The van der Waals surface area contributed by atoms with Crippen molar-refractivity contribution in [3.05, 3.63) is 48.6 Å². The van der Waals surface area contributed by atoms with Crippen molar-refractivity contribution in [1.82, 2.24) is 0 Å². The van der Waals surface area contributed by atoms with Crippen LogP contribution in [-0.2, 0) is 0 Å². The van der Waals surface area contributed by atoms with Gasteiger partial charge in [-0.05, 0) is 11.6 Å². The quantitative estimate of drug-likeness (QED) is 0.427. The summed E-state index contributed by atoms with van der Waals surface area (Å²) in [5, 5.41) is 0. The summed E-state index contributed by atoms with van der Waals surface area (Å²) in [5.74, 6) is 0. The van der Waals surface area contributed by atoms with E-state index < -0.39 is 8.07 Å². The zero-order chi connectivity index (χ0) is 10.6. The van der Waals surface area contributed by atoms with E-state index in [1.165, 1.54) is 5.56 Å². The summed E-state index contributed by atoms with van der Waals surface area (Å²) >= 11 is 3.82. The Balaban J connectivity index is 2.84. The monoisotopic (exact) mass is 268 g/mol. The molecule has 0 saturated heterocycles. The van der Waals surface area contributed by atoms with E-state index in [-0.39, 0.29) is 0 Å². The van der Waals surface area contributed by atoms with Gasteiger partial charge in [0.2, 0.25) is 0 Å². The Kier molecular flexibility index (Phi) is 4.14. The lowest BCUT2D eigenvalue weighted by atomic mass is 10.2. The average Bonchev–Trinajstić information content (AvgIpc) is 2.18.